The fourth-order valence-corrected chi connectivity index (χ4v) is 5.39. The minimum Gasteiger partial charge on any atom is -0.456 e. The molecule has 0 amide bonds. The van der Waals surface area contributed by atoms with E-state index in [1.54, 1.807) is 0 Å². The van der Waals surface area contributed by atoms with E-state index in [4.69, 9.17) is 8.83 Å². The maximum atomic E-state index is 6.44. The molecular formula is C32H30O2. The zero-order chi connectivity index (χ0) is 23.8. The molecule has 2 heterocycles. The van der Waals surface area contributed by atoms with Crippen LogP contribution in [0.1, 0.15) is 52.7 Å². The van der Waals surface area contributed by atoms with Crippen LogP contribution in [0.25, 0.3) is 55.0 Å². The van der Waals surface area contributed by atoms with Crippen molar-refractivity contribution in [2.45, 2.75) is 52.4 Å². The summed E-state index contributed by atoms with van der Waals surface area (Å²) in [5.41, 5.74) is 8.62. The quantitative estimate of drug-likeness (QED) is 0.251. The maximum absolute atomic E-state index is 6.44. The second-order valence-electron chi connectivity index (χ2n) is 11.5. The highest BCUT2D eigenvalue weighted by molar-refractivity contribution is 6.10. The first kappa shape index (κ1) is 21.0. The smallest absolute Gasteiger partial charge is 0.139 e. The Bertz CT molecular complexity index is 1710. The van der Waals surface area contributed by atoms with Gasteiger partial charge in [-0.2, -0.15) is 0 Å². The van der Waals surface area contributed by atoms with Gasteiger partial charge in [0.25, 0.3) is 0 Å². The van der Waals surface area contributed by atoms with Crippen molar-refractivity contribution in [3.05, 3.63) is 83.9 Å². The second kappa shape index (κ2) is 6.99. The third kappa shape index (κ3) is 3.09. The van der Waals surface area contributed by atoms with Crippen LogP contribution in [0.3, 0.4) is 0 Å². The van der Waals surface area contributed by atoms with Gasteiger partial charge in [0, 0.05) is 27.1 Å². The highest BCUT2D eigenvalue weighted by Crippen LogP contribution is 2.44. The molecule has 0 aliphatic heterocycles. The van der Waals surface area contributed by atoms with Gasteiger partial charge in [-0.05, 0) is 57.9 Å². The lowest BCUT2D eigenvalue weighted by molar-refractivity contribution is 0.574. The highest BCUT2D eigenvalue weighted by atomic mass is 16.3. The van der Waals surface area contributed by atoms with Crippen molar-refractivity contribution in [1.29, 1.82) is 0 Å². The number of furan rings is 2. The average molecular weight is 447 g/mol. The maximum Gasteiger partial charge on any atom is 0.139 e. The summed E-state index contributed by atoms with van der Waals surface area (Å²) in [6, 6.07) is 25.8. The van der Waals surface area contributed by atoms with Crippen LogP contribution in [0.2, 0.25) is 0 Å². The fraction of sp³-hybridized carbons (Fsp3) is 0.250. The Kier molecular flexibility index (Phi) is 4.33. The summed E-state index contributed by atoms with van der Waals surface area (Å²) in [5.74, 6) is 0. The van der Waals surface area contributed by atoms with Crippen LogP contribution < -0.4 is 0 Å². The molecule has 0 unspecified atom stereocenters. The van der Waals surface area contributed by atoms with Gasteiger partial charge in [-0.3, -0.25) is 0 Å². The third-order valence-electron chi connectivity index (χ3n) is 6.91. The first-order chi connectivity index (χ1) is 16.1. The normalized spacial score (nSPS) is 13.0. The number of hydrogen-bond acceptors (Lipinski definition) is 2. The molecule has 2 nitrogen and oxygen atoms in total. The van der Waals surface area contributed by atoms with Gasteiger partial charge in [0.1, 0.15) is 22.3 Å². The molecule has 0 spiro atoms. The Hall–Kier alpha value is -3.52. The summed E-state index contributed by atoms with van der Waals surface area (Å²) in [6.45, 7) is 13.5. The van der Waals surface area contributed by atoms with Gasteiger partial charge in [-0.25, -0.2) is 0 Å². The van der Waals surface area contributed by atoms with Crippen molar-refractivity contribution in [3.8, 4) is 11.1 Å². The molecular weight excluding hydrogens is 416 g/mol. The molecule has 0 fully saturated rings. The van der Waals surface area contributed by atoms with Crippen LogP contribution in [0, 0.1) is 0 Å². The van der Waals surface area contributed by atoms with Crippen molar-refractivity contribution in [3.63, 3.8) is 0 Å². The molecule has 34 heavy (non-hydrogen) atoms. The summed E-state index contributed by atoms with van der Waals surface area (Å²) in [7, 11) is 0. The lowest BCUT2D eigenvalue weighted by atomic mass is 9.80. The summed E-state index contributed by atoms with van der Waals surface area (Å²) >= 11 is 0. The molecule has 4 aromatic carbocycles. The summed E-state index contributed by atoms with van der Waals surface area (Å²) in [4.78, 5) is 0. The van der Waals surface area contributed by atoms with Crippen molar-refractivity contribution in [2.75, 3.05) is 0 Å². The van der Waals surface area contributed by atoms with E-state index >= 15 is 0 Å². The Morgan fingerprint density at radius 2 is 1.29 bits per heavy atom. The molecule has 6 aromatic rings. The van der Waals surface area contributed by atoms with Crippen molar-refractivity contribution in [2.24, 2.45) is 0 Å². The minimum absolute atomic E-state index is 0.0424. The van der Waals surface area contributed by atoms with E-state index in [9.17, 15) is 0 Å². The lowest BCUT2D eigenvalue weighted by Crippen LogP contribution is -2.13. The number of rotatable bonds is 1. The van der Waals surface area contributed by atoms with Crippen LogP contribution in [0.5, 0.6) is 0 Å². The Labute approximate surface area is 200 Å². The van der Waals surface area contributed by atoms with E-state index < -0.39 is 0 Å². The van der Waals surface area contributed by atoms with Gasteiger partial charge < -0.3 is 8.83 Å². The standard InChI is InChI=1S/C32H30O2/c1-31(2,3)24-11-9-13-26-28(24)23-15-14-19(18-27(23)33-26)20-16-17-22-21-10-7-8-12-25(21)34-30(22)29(20)32(4,5)6/h7-18H,1-6H3. The van der Waals surface area contributed by atoms with Gasteiger partial charge in [0.05, 0.1) is 0 Å². The molecule has 0 saturated carbocycles. The molecule has 0 radical (unpaired) electrons. The van der Waals surface area contributed by atoms with Crippen molar-refractivity contribution >= 4 is 43.9 Å². The average Bonchev–Trinajstić information content (AvgIpc) is 3.34. The molecule has 170 valence electrons. The molecule has 0 atom stereocenters. The van der Waals surface area contributed by atoms with E-state index in [1.807, 2.05) is 6.07 Å². The van der Waals surface area contributed by atoms with Crippen LogP contribution in [0.15, 0.2) is 81.6 Å². The number of para-hydroxylation sites is 1. The van der Waals surface area contributed by atoms with E-state index in [0.717, 1.165) is 33.3 Å². The van der Waals surface area contributed by atoms with E-state index in [2.05, 4.69) is 108 Å². The second-order valence-corrected chi connectivity index (χ2v) is 11.5. The summed E-state index contributed by atoms with van der Waals surface area (Å²) in [6.07, 6.45) is 0. The molecule has 2 heteroatoms. The lowest BCUT2D eigenvalue weighted by Gasteiger charge is -2.23. The molecule has 0 aliphatic carbocycles. The molecule has 6 rings (SSSR count). The largest absolute Gasteiger partial charge is 0.456 e. The van der Waals surface area contributed by atoms with Crippen LogP contribution in [-0.2, 0) is 10.8 Å². The first-order valence-corrected chi connectivity index (χ1v) is 12.0. The van der Waals surface area contributed by atoms with Crippen LogP contribution in [-0.4, -0.2) is 0 Å². The zero-order valence-electron chi connectivity index (χ0n) is 20.7. The Morgan fingerprint density at radius 3 is 2.06 bits per heavy atom. The number of fused-ring (bicyclic) bond motifs is 6. The monoisotopic (exact) mass is 446 g/mol. The van der Waals surface area contributed by atoms with Gasteiger partial charge in [-0.15, -0.1) is 0 Å². The van der Waals surface area contributed by atoms with E-state index in [0.29, 0.717) is 0 Å². The number of benzene rings is 4. The topological polar surface area (TPSA) is 26.3 Å². The van der Waals surface area contributed by atoms with E-state index in [-0.39, 0.29) is 10.8 Å². The predicted molar refractivity (Wildman–Crippen MR) is 144 cm³/mol. The highest BCUT2D eigenvalue weighted by Gasteiger charge is 2.26. The molecule has 0 bridgehead atoms. The molecule has 0 aliphatic rings. The number of hydrogen-bond donors (Lipinski definition) is 0. The van der Waals surface area contributed by atoms with Gasteiger partial charge in [0.15, 0.2) is 0 Å². The van der Waals surface area contributed by atoms with Crippen LogP contribution >= 0.6 is 0 Å². The first-order valence-electron chi connectivity index (χ1n) is 12.0. The Morgan fingerprint density at radius 1 is 0.559 bits per heavy atom. The Balaban J connectivity index is 1.64. The predicted octanol–water partition coefficient (Wildman–Crippen LogP) is 9.75. The van der Waals surface area contributed by atoms with Crippen molar-refractivity contribution < 1.29 is 8.83 Å². The molecule has 2 aromatic heterocycles. The third-order valence-corrected chi connectivity index (χ3v) is 6.91. The summed E-state index contributed by atoms with van der Waals surface area (Å²) in [5, 5.41) is 4.73. The van der Waals surface area contributed by atoms with Gasteiger partial charge in [0.2, 0.25) is 0 Å². The van der Waals surface area contributed by atoms with Crippen molar-refractivity contribution in [1.82, 2.24) is 0 Å². The minimum atomic E-state index is -0.0923. The zero-order valence-corrected chi connectivity index (χ0v) is 20.7. The SMILES string of the molecule is CC(C)(C)c1c(-c2ccc3c(c2)oc2cccc(C(C)(C)C)c23)ccc2c1oc1ccccc12. The molecule has 0 saturated heterocycles. The fourth-order valence-electron chi connectivity index (χ4n) is 5.39. The van der Waals surface area contributed by atoms with Gasteiger partial charge >= 0.3 is 0 Å². The summed E-state index contributed by atoms with van der Waals surface area (Å²) < 4.78 is 12.8. The van der Waals surface area contributed by atoms with E-state index in [1.165, 1.54) is 32.8 Å². The van der Waals surface area contributed by atoms with Crippen LogP contribution in [0.4, 0.5) is 0 Å². The molecule has 0 N–H and O–H groups in total. The van der Waals surface area contributed by atoms with Gasteiger partial charge in [-0.1, -0.05) is 84.0 Å².